The van der Waals surface area contributed by atoms with Crippen LogP contribution in [0.1, 0.15) is 60.9 Å². The van der Waals surface area contributed by atoms with Gasteiger partial charge in [0.05, 0.1) is 5.02 Å². The Kier molecular flexibility index (Phi) is 7.88. The van der Waals surface area contributed by atoms with Gasteiger partial charge in [-0.2, -0.15) is 4.31 Å². The van der Waals surface area contributed by atoms with Crippen molar-refractivity contribution in [1.82, 2.24) is 14.6 Å². The van der Waals surface area contributed by atoms with E-state index < -0.39 is 10.0 Å². The summed E-state index contributed by atoms with van der Waals surface area (Å²) in [5, 5.41) is 3.06. The van der Waals surface area contributed by atoms with Crippen molar-refractivity contribution >= 4 is 33.3 Å². The van der Waals surface area contributed by atoms with Crippen molar-refractivity contribution in [2.45, 2.75) is 56.4 Å². The number of nitrogens with zero attached hydrogens (tertiary/aromatic N) is 3. The number of anilines is 1. The molecule has 3 heterocycles. The van der Waals surface area contributed by atoms with Gasteiger partial charge in [-0.3, -0.25) is 4.79 Å². The van der Waals surface area contributed by atoms with E-state index in [2.05, 4.69) is 15.2 Å². The minimum absolute atomic E-state index is 0.00546. The molecule has 0 radical (unpaired) electrons. The van der Waals surface area contributed by atoms with Crippen molar-refractivity contribution in [2.75, 3.05) is 31.1 Å². The number of carbonyl (C=O) groups excluding carboxylic acids is 1. The minimum atomic E-state index is -3.76. The molecule has 0 unspecified atom stereocenters. The molecule has 2 aliphatic rings. The number of hydrogen-bond donors (Lipinski definition) is 1. The molecule has 1 amide bonds. The largest absolute Gasteiger partial charge is 0.356 e. The van der Waals surface area contributed by atoms with Gasteiger partial charge in [-0.25, -0.2) is 13.4 Å². The topological polar surface area (TPSA) is 82.6 Å². The number of carbonyl (C=O) groups is 1. The molecule has 178 valence electrons. The molecule has 1 N–H and O–H groups in total. The number of hydrogen-bond acceptors (Lipinski definition) is 5. The number of amides is 1. The number of halogens is 1. The average molecular weight is 491 g/mol. The molecule has 2 saturated heterocycles. The highest BCUT2D eigenvalue weighted by molar-refractivity contribution is 7.89. The predicted octanol–water partition coefficient (Wildman–Crippen LogP) is 4.22. The standard InChI is InChI=1S/C24H31ClN4O3S/c25-21-11-10-19(17-22(21)33(31,32)29-15-6-1-2-7-16-29)24(30)27-18-20-9-8-12-26-23(20)28-13-4-3-5-14-28/h8-12,17H,1-7,13-16,18H2,(H,27,30). The Bertz CT molecular complexity index is 1080. The maximum Gasteiger partial charge on any atom is 0.251 e. The Morgan fingerprint density at radius 2 is 1.64 bits per heavy atom. The number of benzene rings is 1. The molecule has 1 aromatic heterocycles. The Labute approximate surface area is 201 Å². The first-order valence-electron chi connectivity index (χ1n) is 11.7. The van der Waals surface area contributed by atoms with Gasteiger partial charge in [-0.15, -0.1) is 0 Å². The van der Waals surface area contributed by atoms with Crippen LogP contribution in [-0.2, 0) is 16.6 Å². The molecular formula is C24H31ClN4O3S. The lowest BCUT2D eigenvalue weighted by molar-refractivity contribution is 0.0950. The van der Waals surface area contributed by atoms with E-state index in [1.54, 1.807) is 12.3 Å². The number of pyridine rings is 1. The molecule has 0 saturated carbocycles. The molecule has 0 bridgehead atoms. The number of nitrogens with one attached hydrogen (secondary N) is 1. The zero-order valence-electron chi connectivity index (χ0n) is 18.8. The second kappa shape index (κ2) is 10.8. The van der Waals surface area contributed by atoms with Crippen LogP contribution in [0.2, 0.25) is 5.02 Å². The van der Waals surface area contributed by atoms with Crippen molar-refractivity contribution in [1.29, 1.82) is 0 Å². The second-order valence-electron chi connectivity index (χ2n) is 8.68. The monoisotopic (exact) mass is 490 g/mol. The summed E-state index contributed by atoms with van der Waals surface area (Å²) in [6, 6.07) is 8.28. The maximum absolute atomic E-state index is 13.2. The minimum Gasteiger partial charge on any atom is -0.356 e. The summed E-state index contributed by atoms with van der Waals surface area (Å²) in [6.07, 6.45) is 9.00. The quantitative estimate of drug-likeness (QED) is 0.655. The number of sulfonamides is 1. The molecule has 2 aromatic rings. The van der Waals surface area contributed by atoms with Crippen molar-refractivity contribution in [3.05, 3.63) is 52.7 Å². The lowest BCUT2D eigenvalue weighted by atomic mass is 10.1. The first-order chi connectivity index (χ1) is 16.0. The predicted molar refractivity (Wildman–Crippen MR) is 130 cm³/mol. The van der Waals surface area contributed by atoms with Crippen LogP contribution in [0.3, 0.4) is 0 Å². The first-order valence-corrected chi connectivity index (χ1v) is 13.6. The summed E-state index contributed by atoms with van der Waals surface area (Å²) in [7, 11) is -3.76. The van der Waals surface area contributed by atoms with Crippen LogP contribution in [0, 0.1) is 0 Å². The highest BCUT2D eigenvalue weighted by Gasteiger charge is 2.28. The fourth-order valence-electron chi connectivity index (χ4n) is 4.50. The Hall–Kier alpha value is -2.16. The summed E-state index contributed by atoms with van der Waals surface area (Å²) >= 11 is 6.27. The number of rotatable bonds is 6. The number of piperidine rings is 1. The van der Waals surface area contributed by atoms with Crippen molar-refractivity contribution in [3.8, 4) is 0 Å². The van der Waals surface area contributed by atoms with Gasteiger partial charge >= 0.3 is 0 Å². The summed E-state index contributed by atoms with van der Waals surface area (Å²) in [4.78, 5) is 19.7. The van der Waals surface area contributed by atoms with E-state index in [-0.39, 0.29) is 21.4 Å². The molecule has 0 spiro atoms. The summed E-state index contributed by atoms with van der Waals surface area (Å²) in [6.45, 7) is 3.21. The maximum atomic E-state index is 13.2. The van der Waals surface area contributed by atoms with E-state index >= 15 is 0 Å². The van der Waals surface area contributed by atoms with E-state index in [1.807, 2.05) is 12.1 Å². The van der Waals surface area contributed by atoms with E-state index in [0.29, 0.717) is 19.6 Å². The van der Waals surface area contributed by atoms with Crippen LogP contribution >= 0.6 is 11.6 Å². The van der Waals surface area contributed by atoms with Gasteiger partial charge in [-0.05, 0) is 56.4 Å². The lowest BCUT2D eigenvalue weighted by Gasteiger charge is -2.29. The van der Waals surface area contributed by atoms with Gasteiger partial charge in [0.25, 0.3) is 5.91 Å². The fraction of sp³-hybridized carbons (Fsp3) is 0.500. The van der Waals surface area contributed by atoms with E-state index in [9.17, 15) is 13.2 Å². The summed E-state index contributed by atoms with van der Waals surface area (Å²) < 4.78 is 28.0. The number of aromatic nitrogens is 1. The highest BCUT2D eigenvalue weighted by atomic mass is 35.5. The van der Waals surface area contributed by atoms with Crippen LogP contribution in [0.25, 0.3) is 0 Å². The molecule has 7 nitrogen and oxygen atoms in total. The van der Waals surface area contributed by atoms with E-state index in [4.69, 9.17) is 11.6 Å². The smallest absolute Gasteiger partial charge is 0.251 e. The summed E-state index contributed by atoms with van der Waals surface area (Å²) in [5.74, 6) is 0.561. The molecule has 2 aliphatic heterocycles. The lowest BCUT2D eigenvalue weighted by Crippen LogP contribution is -2.33. The Balaban J connectivity index is 1.50. The third-order valence-electron chi connectivity index (χ3n) is 6.34. The molecule has 33 heavy (non-hydrogen) atoms. The van der Waals surface area contributed by atoms with Gasteiger partial charge < -0.3 is 10.2 Å². The second-order valence-corrected chi connectivity index (χ2v) is 11.0. The van der Waals surface area contributed by atoms with Gasteiger partial charge in [0.1, 0.15) is 10.7 Å². The van der Waals surface area contributed by atoms with Crippen LogP contribution in [0.4, 0.5) is 5.82 Å². The fourth-order valence-corrected chi connectivity index (χ4v) is 6.52. The van der Waals surface area contributed by atoms with E-state index in [0.717, 1.165) is 63.0 Å². The van der Waals surface area contributed by atoms with Gasteiger partial charge in [0.15, 0.2) is 0 Å². The average Bonchev–Trinajstić information content (AvgIpc) is 3.14. The highest BCUT2D eigenvalue weighted by Crippen LogP contribution is 2.28. The molecule has 1 aromatic carbocycles. The molecule has 4 rings (SSSR count). The van der Waals surface area contributed by atoms with Gasteiger partial charge in [-0.1, -0.05) is 30.5 Å². The zero-order chi connectivity index (χ0) is 23.3. The molecule has 2 fully saturated rings. The molecule has 9 heteroatoms. The molecule has 0 atom stereocenters. The molecular weight excluding hydrogens is 460 g/mol. The third-order valence-corrected chi connectivity index (χ3v) is 8.72. The van der Waals surface area contributed by atoms with Crippen LogP contribution in [0.5, 0.6) is 0 Å². The first kappa shape index (κ1) is 24.0. The van der Waals surface area contributed by atoms with Crippen LogP contribution < -0.4 is 10.2 Å². The van der Waals surface area contributed by atoms with Crippen LogP contribution in [-0.4, -0.2) is 49.8 Å². The normalized spacial score (nSPS) is 18.0. The van der Waals surface area contributed by atoms with Crippen molar-refractivity contribution in [3.63, 3.8) is 0 Å². The summed E-state index contributed by atoms with van der Waals surface area (Å²) in [5.41, 5.74) is 1.22. The Morgan fingerprint density at radius 1 is 0.970 bits per heavy atom. The van der Waals surface area contributed by atoms with Crippen molar-refractivity contribution < 1.29 is 13.2 Å². The van der Waals surface area contributed by atoms with Gasteiger partial charge in [0, 0.05) is 50.0 Å². The van der Waals surface area contributed by atoms with Crippen LogP contribution in [0.15, 0.2) is 41.4 Å². The third kappa shape index (κ3) is 5.67. The van der Waals surface area contributed by atoms with Crippen molar-refractivity contribution in [2.24, 2.45) is 0 Å². The van der Waals surface area contributed by atoms with Gasteiger partial charge in [0.2, 0.25) is 10.0 Å². The zero-order valence-corrected chi connectivity index (χ0v) is 20.4. The Morgan fingerprint density at radius 3 is 2.36 bits per heavy atom. The molecule has 0 aliphatic carbocycles. The SMILES string of the molecule is O=C(NCc1cccnc1N1CCCCC1)c1ccc(Cl)c(S(=O)(=O)N2CCCCCC2)c1. The van der Waals surface area contributed by atoms with E-state index in [1.165, 1.54) is 22.9 Å².